The van der Waals surface area contributed by atoms with E-state index < -0.39 is 0 Å². The van der Waals surface area contributed by atoms with Crippen molar-refractivity contribution in [3.8, 4) is 5.75 Å². The molecule has 1 N–H and O–H groups in total. The van der Waals surface area contributed by atoms with Crippen molar-refractivity contribution in [1.82, 2.24) is 10.2 Å². The number of carbonyl (C=O) groups is 3. The number of ether oxygens (including phenoxy) is 1. The number of benzene rings is 2. The largest absolute Gasteiger partial charge is 0.496 e. The molecule has 2 aromatic carbocycles. The van der Waals surface area contributed by atoms with Gasteiger partial charge in [-0.2, -0.15) is 0 Å². The van der Waals surface area contributed by atoms with Gasteiger partial charge in [0.15, 0.2) is 0 Å². The van der Waals surface area contributed by atoms with Crippen molar-refractivity contribution in [2.75, 3.05) is 20.2 Å². The van der Waals surface area contributed by atoms with Gasteiger partial charge in [-0.3, -0.25) is 19.3 Å². The second-order valence-electron chi connectivity index (χ2n) is 6.22. The van der Waals surface area contributed by atoms with E-state index in [1.54, 1.807) is 43.5 Å². The van der Waals surface area contributed by atoms with Crippen molar-refractivity contribution < 1.29 is 19.1 Å². The number of hydrogen-bond acceptors (Lipinski definition) is 5. The van der Waals surface area contributed by atoms with E-state index in [9.17, 15) is 14.4 Å². The van der Waals surface area contributed by atoms with Gasteiger partial charge in [0.2, 0.25) is 5.91 Å². The molecule has 1 aliphatic heterocycles. The maximum atomic E-state index is 12.5. The fraction of sp³-hybridized carbons (Fsp3) is 0.190. The lowest BCUT2D eigenvalue weighted by Gasteiger charge is -2.13. The van der Waals surface area contributed by atoms with Crippen LogP contribution < -0.4 is 10.1 Å². The quantitative estimate of drug-likeness (QED) is 0.677. The summed E-state index contributed by atoms with van der Waals surface area (Å²) in [6.45, 7) is 0.292. The molecule has 0 unspecified atom stereocenters. The van der Waals surface area contributed by atoms with Gasteiger partial charge in [-0.25, -0.2) is 0 Å². The predicted octanol–water partition coefficient (Wildman–Crippen LogP) is 3.74. The van der Waals surface area contributed by atoms with E-state index in [-0.39, 0.29) is 36.6 Å². The number of para-hydroxylation sites is 1. The second kappa shape index (κ2) is 9.62. The van der Waals surface area contributed by atoms with Crippen molar-refractivity contribution >= 4 is 46.5 Å². The molecule has 3 amide bonds. The zero-order valence-electron chi connectivity index (χ0n) is 15.7. The second-order valence-corrected chi connectivity index (χ2v) is 7.65. The van der Waals surface area contributed by atoms with Crippen LogP contribution in [-0.4, -0.2) is 42.2 Å². The van der Waals surface area contributed by atoms with E-state index in [2.05, 4.69) is 5.32 Å². The summed E-state index contributed by atoms with van der Waals surface area (Å²) in [4.78, 5) is 38.3. The third kappa shape index (κ3) is 5.40. The summed E-state index contributed by atoms with van der Waals surface area (Å²) in [6, 6.07) is 14.2. The Bertz CT molecular complexity index is 959. The first-order valence-electron chi connectivity index (χ1n) is 8.87. The molecular formula is C21H19ClN2O4S. The molecule has 0 saturated carbocycles. The van der Waals surface area contributed by atoms with Crippen LogP contribution in [0.4, 0.5) is 4.79 Å². The molecule has 0 bridgehead atoms. The fourth-order valence-electron chi connectivity index (χ4n) is 2.79. The Morgan fingerprint density at radius 3 is 2.62 bits per heavy atom. The molecule has 150 valence electrons. The summed E-state index contributed by atoms with van der Waals surface area (Å²) in [5, 5.41) is 2.98. The number of hydrogen-bond donors (Lipinski definition) is 1. The molecule has 0 aromatic heterocycles. The van der Waals surface area contributed by atoms with Gasteiger partial charge in [-0.15, -0.1) is 0 Å². The van der Waals surface area contributed by atoms with Crippen molar-refractivity contribution in [3.05, 3.63) is 69.6 Å². The number of nitrogens with one attached hydrogen (secondary N) is 1. The summed E-state index contributed by atoms with van der Waals surface area (Å²) in [5.74, 6) is 0.0630. The average Bonchev–Trinajstić information content (AvgIpc) is 2.97. The van der Waals surface area contributed by atoms with Gasteiger partial charge in [0.25, 0.3) is 11.1 Å². The Morgan fingerprint density at radius 2 is 1.90 bits per heavy atom. The third-order valence-electron chi connectivity index (χ3n) is 4.24. The number of carbonyl (C=O) groups excluding carboxylic acids is 3. The lowest BCUT2D eigenvalue weighted by Crippen LogP contribution is -2.37. The number of thioether (sulfide) groups is 1. The SMILES string of the molecule is COc1ccccc1CC(=O)NCCN1C(=O)S/C(=C\c2ccc(Cl)cc2)C1=O. The average molecular weight is 431 g/mol. The molecule has 0 atom stereocenters. The van der Waals surface area contributed by atoms with Gasteiger partial charge in [-0.05, 0) is 41.6 Å². The number of nitrogens with zero attached hydrogens (tertiary/aromatic N) is 1. The molecular weight excluding hydrogens is 412 g/mol. The Labute approximate surface area is 177 Å². The van der Waals surface area contributed by atoms with Crippen molar-refractivity contribution in [2.45, 2.75) is 6.42 Å². The van der Waals surface area contributed by atoms with E-state index >= 15 is 0 Å². The van der Waals surface area contributed by atoms with Gasteiger partial charge in [-0.1, -0.05) is 41.9 Å². The number of halogens is 1. The maximum Gasteiger partial charge on any atom is 0.293 e. The molecule has 1 fully saturated rings. The normalized spacial score (nSPS) is 15.1. The number of imide groups is 1. The zero-order valence-corrected chi connectivity index (χ0v) is 17.3. The smallest absolute Gasteiger partial charge is 0.293 e. The Hall–Kier alpha value is -2.77. The summed E-state index contributed by atoms with van der Waals surface area (Å²) in [6.07, 6.45) is 1.81. The fourth-order valence-corrected chi connectivity index (χ4v) is 3.79. The zero-order chi connectivity index (χ0) is 20.8. The standard InChI is InChI=1S/C21H19ClN2O4S/c1-28-17-5-3-2-4-15(17)13-19(25)23-10-11-24-20(26)18(29-21(24)27)12-14-6-8-16(22)9-7-14/h2-9,12H,10-11,13H2,1H3,(H,23,25)/b18-12-. The van der Waals surface area contributed by atoms with E-state index in [4.69, 9.17) is 16.3 Å². The number of methoxy groups -OCH3 is 1. The molecule has 3 rings (SSSR count). The lowest BCUT2D eigenvalue weighted by atomic mass is 10.1. The van der Waals surface area contributed by atoms with E-state index in [0.717, 1.165) is 27.8 Å². The highest BCUT2D eigenvalue weighted by atomic mass is 35.5. The molecule has 1 heterocycles. The lowest BCUT2D eigenvalue weighted by molar-refractivity contribution is -0.124. The minimum Gasteiger partial charge on any atom is -0.496 e. The van der Waals surface area contributed by atoms with Crippen molar-refractivity contribution in [2.24, 2.45) is 0 Å². The van der Waals surface area contributed by atoms with Crippen LogP contribution in [0.5, 0.6) is 5.75 Å². The van der Waals surface area contributed by atoms with Crippen LogP contribution in [0, 0.1) is 0 Å². The van der Waals surface area contributed by atoms with Crippen LogP contribution in [-0.2, 0) is 16.0 Å². The predicted molar refractivity (Wildman–Crippen MR) is 114 cm³/mol. The van der Waals surface area contributed by atoms with Gasteiger partial charge < -0.3 is 10.1 Å². The highest BCUT2D eigenvalue weighted by molar-refractivity contribution is 8.18. The summed E-state index contributed by atoms with van der Waals surface area (Å²) in [7, 11) is 1.55. The monoisotopic (exact) mass is 430 g/mol. The number of rotatable bonds is 7. The van der Waals surface area contributed by atoms with Crippen LogP contribution in [0.1, 0.15) is 11.1 Å². The van der Waals surface area contributed by atoms with Gasteiger partial charge in [0.05, 0.1) is 18.4 Å². The summed E-state index contributed by atoms with van der Waals surface area (Å²) < 4.78 is 5.23. The Kier molecular flexibility index (Phi) is 6.95. The molecule has 29 heavy (non-hydrogen) atoms. The molecule has 2 aromatic rings. The molecule has 0 spiro atoms. The van der Waals surface area contributed by atoms with Crippen LogP contribution in [0.3, 0.4) is 0 Å². The first-order chi connectivity index (χ1) is 14.0. The molecule has 0 aliphatic carbocycles. The van der Waals surface area contributed by atoms with Crippen molar-refractivity contribution in [3.63, 3.8) is 0 Å². The van der Waals surface area contributed by atoms with E-state index in [1.807, 2.05) is 18.2 Å². The van der Waals surface area contributed by atoms with Crippen LogP contribution in [0.25, 0.3) is 6.08 Å². The molecule has 6 nitrogen and oxygen atoms in total. The highest BCUT2D eigenvalue weighted by Gasteiger charge is 2.34. The minimum atomic E-state index is -0.367. The summed E-state index contributed by atoms with van der Waals surface area (Å²) >= 11 is 6.74. The van der Waals surface area contributed by atoms with Crippen LogP contribution >= 0.6 is 23.4 Å². The Morgan fingerprint density at radius 1 is 1.17 bits per heavy atom. The third-order valence-corrected chi connectivity index (χ3v) is 5.40. The van der Waals surface area contributed by atoms with Crippen LogP contribution in [0.15, 0.2) is 53.4 Å². The minimum absolute atomic E-state index is 0.111. The van der Waals surface area contributed by atoms with Gasteiger partial charge in [0, 0.05) is 23.7 Å². The first kappa shape index (κ1) is 21.0. The van der Waals surface area contributed by atoms with Gasteiger partial charge in [0.1, 0.15) is 5.75 Å². The van der Waals surface area contributed by atoms with E-state index in [0.29, 0.717) is 15.7 Å². The number of amides is 3. The maximum absolute atomic E-state index is 12.5. The molecule has 0 radical (unpaired) electrons. The van der Waals surface area contributed by atoms with E-state index in [1.165, 1.54) is 0 Å². The summed E-state index contributed by atoms with van der Waals surface area (Å²) in [5.41, 5.74) is 1.55. The molecule has 1 aliphatic rings. The highest BCUT2D eigenvalue weighted by Crippen LogP contribution is 2.32. The van der Waals surface area contributed by atoms with Crippen molar-refractivity contribution in [1.29, 1.82) is 0 Å². The van der Waals surface area contributed by atoms with Gasteiger partial charge >= 0.3 is 0 Å². The topological polar surface area (TPSA) is 75.7 Å². The molecule has 1 saturated heterocycles. The Balaban J connectivity index is 1.54. The van der Waals surface area contributed by atoms with Crippen LogP contribution in [0.2, 0.25) is 5.02 Å². The first-order valence-corrected chi connectivity index (χ1v) is 10.1. The molecule has 8 heteroatoms.